The maximum absolute atomic E-state index is 6.38. The second kappa shape index (κ2) is 8.50. The normalized spacial score (nSPS) is 12.4. The first-order valence-corrected chi connectivity index (χ1v) is 8.59. The molecule has 2 aromatic carbocycles. The van der Waals surface area contributed by atoms with Gasteiger partial charge in [-0.05, 0) is 43.0 Å². The van der Waals surface area contributed by atoms with Crippen LogP contribution < -0.4 is 9.47 Å². The lowest BCUT2D eigenvalue weighted by Gasteiger charge is -2.12. The predicted molar refractivity (Wildman–Crippen MR) is 94.5 cm³/mol. The van der Waals surface area contributed by atoms with Crippen LogP contribution in [0.1, 0.15) is 39.5 Å². The molecule has 0 radical (unpaired) electrons. The summed E-state index contributed by atoms with van der Waals surface area (Å²) in [6, 6.07) is 9.73. The molecule has 0 N–H and O–H groups in total. The molecule has 1 atom stereocenters. The molecule has 0 aliphatic heterocycles. The fraction of sp³-hybridized carbons (Fsp3) is 0.444. The molecule has 0 saturated heterocycles. The van der Waals surface area contributed by atoms with E-state index in [0.29, 0.717) is 10.8 Å². The zero-order chi connectivity index (χ0) is 15.9. The van der Waals surface area contributed by atoms with Crippen molar-refractivity contribution in [3.05, 3.63) is 35.4 Å². The van der Waals surface area contributed by atoms with Gasteiger partial charge in [0, 0.05) is 5.39 Å². The van der Waals surface area contributed by atoms with Gasteiger partial charge in [-0.2, -0.15) is 0 Å². The third kappa shape index (κ3) is 4.69. The van der Waals surface area contributed by atoms with Gasteiger partial charge < -0.3 is 9.47 Å². The molecule has 120 valence electrons. The van der Waals surface area contributed by atoms with E-state index in [4.69, 9.17) is 32.7 Å². The van der Waals surface area contributed by atoms with Crippen LogP contribution in [-0.4, -0.2) is 12.2 Å². The number of benzene rings is 2. The van der Waals surface area contributed by atoms with E-state index >= 15 is 0 Å². The molecular weight excluding hydrogens is 319 g/mol. The van der Waals surface area contributed by atoms with Crippen LogP contribution in [0.3, 0.4) is 0 Å². The maximum atomic E-state index is 6.38. The van der Waals surface area contributed by atoms with Crippen molar-refractivity contribution in [2.45, 2.75) is 45.1 Å². The van der Waals surface area contributed by atoms with E-state index in [1.807, 2.05) is 30.3 Å². The van der Waals surface area contributed by atoms with Gasteiger partial charge in [-0.25, -0.2) is 0 Å². The van der Waals surface area contributed by atoms with E-state index in [0.717, 1.165) is 29.5 Å². The lowest BCUT2D eigenvalue weighted by molar-refractivity contribution is 0.301. The number of fused-ring (bicyclic) bond motifs is 1. The summed E-state index contributed by atoms with van der Waals surface area (Å²) < 4.78 is 11.3. The van der Waals surface area contributed by atoms with Crippen LogP contribution in [-0.2, 0) is 0 Å². The van der Waals surface area contributed by atoms with E-state index < -0.39 is 5.56 Å². The number of halogens is 2. The molecule has 0 aliphatic carbocycles. The Bertz CT molecular complexity index is 611. The van der Waals surface area contributed by atoms with Crippen LogP contribution in [0.2, 0.25) is 5.02 Å². The summed E-state index contributed by atoms with van der Waals surface area (Å²) in [4.78, 5) is 0. The topological polar surface area (TPSA) is 18.5 Å². The van der Waals surface area contributed by atoms with Gasteiger partial charge in [-0.15, -0.1) is 0 Å². The predicted octanol–water partition coefficient (Wildman–Crippen LogP) is 6.42. The Labute approximate surface area is 142 Å². The second-order valence-electron chi connectivity index (χ2n) is 5.33. The Morgan fingerprint density at radius 1 is 1.09 bits per heavy atom. The van der Waals surface area contributed by atoms with Crippen molar-refractivity contribution in [1.29, 1.82) is 0 Å². The minimum Gasteiger partial charge on any atom is -0.494 e. The van der Waals surface area contributed by atoms with E-state index in [1.54, 1.807) is 6.92 Å². The molecule has 0 fully saturated rings. The minimum atomic E-state index is -0.416. The Kier molecular flexibility index (Phi) is 6.66. The molecule has 2 nitrogen and oxygen atoms in total. The summed E-state index contributed by atoms with van der Waals surface area (Å²) in [5, 5.41) is 2.56. The van der Waals surface area contributed by atoms with Crippen molar-refractivity contribution in [2.24, 2.45) is 0 Å². The number of rotatable bonds is 8. The first-order chi connectivity index (χ1) is 10.6. The summed E-state index contributed by atoms with van der Waals surface area (Å²) in [5.74, 6) is 1.48. The van der Waals surface area contributed by atoms with Gasteiger partial charge >= 0.3 is 0 Å². The molecule has 4 heteroatoms. The minimum absolute atomic E-state index is 0.416. The number of alkyl halides is 1. The Balaban J connectivity index is 2.08. The van der Waals surface area contributed by atoms with E-state index in [-0.39, 0.29) is 0 Å². The summed E-state index contributed by atoms with van der Waals surface area (Å²) in [6.45, 7) is 4.72. The molecule has 0 spiro atoms. The van der Waals surface area contributed by atoms with E-state index in [9.17, 15) is 0 Å². The van der Waals surface area contributed by atoms with Crippen molar-refractivity contribution in [2.75, 3.05) is 6.61 Å². The first-order valence-electron chi connectivity index (χ1n) is 7.77. The Morgan fingerprint density at radius 2 is 1.91 bits per heavy atom. The SMILES string of the molecule is CCCCCCOc1ccc2c(Cl)c(OC(C)Cl)ccc2c1. The molecule has 0 heterocycles. The summed E-state index contributed by atoms with van der Waals surface area (Å²) >= 11 is 12.2. The Morgan fingerprint density at radius 3 is 2.64 bits per heavy atom. The van der Waals surface area contributed by atoms with Gasteiger partial charge in [0.2, 0.25) is 0 Å². The largest absolute Gasteiger partial charge is 0.494 e. The molecule has 0 aliphatic rings. The van der Waals surface area contributed by atoms with Crippen LogP contribution >= 0.6 is 23.2 Å². The fourth-order valence-corrected chi connectivity index (χ4v) is 2.70. The van der Waals surface area contributed by atoms with Gasteiger partial charge in [0.05, 0.1) is 11.6 Å². The second-order valence-corrected chi connectivity index (χ2v) is 6.32. The van der Waals surface area contributed by atoms with Crippen LogP contribution in [0.25, 0.3) is 10.8 Å². The van der Waals surface area contributed by atoms with Gasteiger partial charge in [0.15, 0.2) is 5.56 Å². The molecule has 1 unspecified atom stereocenters. The number of hydrogen-bond donors (Lipinski definition) is 0. The molecule has 2 aromatic rings. The van der Waals surface area contributed by atoms with E-state index in [1.165, 1.54) is 19.3 Å². The molecule has 22 heavy (non-hydrogen) atoms. The lowest BCUT2D eigenvalue weighted by Crippen LogP contribution is -2.02. The monoisotopic (exact) mass is 340 g/mol. The highest BCUT2D eigenvalue weighted by Gasteiger charge is 2.09. The first kappa shape index (κ1) is 17.2. The quantitative estimate of drug-likeness (QED) is 0.408. The summed E-state index contributed by atoms with van der Waals surface area (Å²) in [6.07, 6.45) is 4.80. The zero-order valence-electron chi connectivity index (χ0n) is 13.1. The van der Waals surface area contributed by atoms with Crippen molar-refractivity contribution >= 4 is 34.0 Å². The van der Waals surface area contributed by atoms with Gasteiger partial charge in [0.1, 0.15) is 11.5 Å². The van der Waals surface area contributed by atoms with Gasteiger partial charge in [-0.3, -0.25) is 0 Å². The number of ether oxygens (including phenoxy) is 2. The summed E-state index contributed by atoms with van der Waals surface area (Å²) in [7, 11) is 0. The molecular formula is C18H22Cl2O2. The van der Waals surface area contributed by atoms with Gasteiger partial charge in [-0.1, -0.05) is 55.5 Å². The standard InChI is InChI=1S/C18H22Cl2O2/c1-3-4-5-6-11-21-15-8-9-16-14(12-15)7-10-17(18(16)20)22-13(2)19/h7-10,12-13H,3-6,11H2,1-2H3. The molecule has 0 amide bonds. The lowest BCUT2D eigenvalue weighted by atomic mass is 10.1. The molecule has 2 rings (SSSR count). The van der Waals surface area contributed by atoms with Crippen LogP contribution in [0.15, 0.2) is 30.3 Å². The highest BCUT2D eigenvalue weighted by Crippen LogP contribution is 2.35. The molecule has 0 aromatic heterocycles. The van der Waals surface area contributed by atoms with Crippen molar-refractivity contribution in [3.8, 4) is 11.5 Å². The highest BCUT2D eigenvalue weighted by molar-refractivity contribution is 6.37. The third-order valence-electron chi connectivity index (χ3n) is 3.45. The number of unbranched alkanes of at least 4 members (excludes halogenated alkanes) is 3. The zero-order valence-corrected chi connectivity index (χ0v) is 14.6. The average molecular weight is 341 g/mol. The maximum Gasteiger partial charge on any atom is 0.169 e. The van der Waals surface area contributed by atoms with Crippen LogP contribution in [0.5, 0.6) is 11.5 Å². The van der Waals surface area contributed by atoms with Gasteiger partial charge in [0.25, 0.3) is 0 Å². The van der Waals surface area contributed by atoms with Crippen molar-refractivity contribution in [3.63, 3.8) is 0 Å². The van der Waals surface area contributed by atoms with Crippen molar-refractivity contribution in [1.82, 2.24) is 0 Å². The molecule has 0 bridgehead atoms. The smallest absolute Gasteiger partial charge is 0.169 e. The van der Waals surface area contributed by atoms with Crippen LogP contribution in [0, 0.1) is 0 Å². The highest BCUT2D eigenvalue weighted by atomic mass is 35.5. The third-order valence-corrected chi connectivity index (χ3v) is 3.93. The van der Waals surface area contributed by atoms with Crippen molar-refractivity contribution < 1.29 is 9.47 Å². The average Bonchev–Trinajstić information content (AvgIpc) is 2.49. The Hall–Kier alpha value is -1.12. The fourth-order valence-electron chi connectivity index (χ4n) is 2.32. The van der Waals surface area contributed by atoms with Crippen LogP contribution in [0.4, 0.5) is 0 Å². The molecule has 0 saturated carbocycles. The number of hydrogen-bond acceptors (Lipinski definition) is 2. The summed E-state index contributed by atoms with van der Waals surface area (Å²) in [5.41, 5.74) is -0.416. The van der Waals surface area contributed by atoms with E-state index in [2.05, 4.69) is 6.92 Å².